The van der Waals surface area contributed by atoms with Crippen molar-refractivity contribution in [1.82, 2.24) is 5.32 Å². The summed E-state index contributed by atoms with van der Waals surface area (Å²) in [7, 11) is 1.68. The van der Waals surface area contributed by atoms with Gasteiger partial charge in [0.2, 0.25) is 0 Å². The van der Waals surface area contributed by atoms with Crippen molar-refractivity contribution in [1.29, 1.82) is 0 Å². The first-order valence-electron chi connectivity index (χ1n) is 6.64. The minimum absolute atomic E-state index is 0.248. The van der Waals surface area contributed by atoms with Gasteiger partial charge in [0.25, 0.3) is 0 Å². The molecular weight excluding hydrogens is 226 g/mol. The molecule has 1 unspecified atom stereocenters. The van der Waals surface area contributed by atoms with Crippen molar-refractivity contribution in [2.45, 2.75) is 32.7 Å². The van der Waals surface area contributed by atoms with E-state index in [9.17, 15) is 0 Å². The van der Waals surface area contributed by atoms with E-state index < -0.39 is 0 Å². The first-order valence-corrected chi connectivity index (χ1v) is 6.64. The van der Waals surface area contributed by atoms with Gasteiger partial charge in [-0.2, -0.15) is 0 Å². The summed E-state index contributed by atoms with van der Waals surface area (Å²) < 4.78 is 5.13. The summed E-state index contributed by atoms with van der Waals surface area (Å²) in [5, 5.41) is 12.5. The fourth-order valence-corrected chi connectivity index (χ4v) is 2.00. The molecule has 102 valence electrons. The highest BCUT2D eigenvalue weighted by atomic mass is 16.5. The molecule has 0 spiro atoms. The quantitative estimate of drug-likeness (QED) is 0.744. The maximum atomic E-state index is 9.01. The van der Waals surface area contributed by atoms with E-state index in [4.69, 9.17) is 9.84 Å². The number of rotatable bonds is 8. The number of aliphatic hydroxyl groups is 1. The molecule has 1 rings (SSSR count). The summed E-state index contributed by atoms with van der Waals surface area (Å²) in [5.41, 5.74) is 1.30. The molecule has 0 aromatic heterocycles. The first-order chi connectivity index (χ1) is 8.67. The number of benzene rings is 1. The van der Waals surface area contributed by atoms with E-state index in [1.807, 2.05) is 12.1 Å². The zero-order valence-electron chi connectivity index (χ0n) is 11.6. The topological polar surface area (TPSA) is 41.5 Å². The normalized spacial score (nSPS) is 12.7. The van der Waals surface area contributed by atoms with Crippen LogP contribution in [0.2, 0.25) is 0 Å². The molecule has 0 aliphatic rings. The van der Waals surface area contributed by atoms with Crippen LogP contribution in [0.4, 0.5) is 0 Å². The SMILES string of the molecule is COc1ccc(CCNC(CCO)C(C)C)cc1. The Hall–Kier alpha value is -1.06. The van der Waals surface area contributed by atoms with Gasteiger partial charge in [0.05, 0.1) is 7.11 Å². The molecule has 18 heavy (non-hydrogen) atoms. The van der Waals surface area contributed by atoms with Gasteiger partial charge in [-0.25, -0.2) is 0 Å². The minimum atomic E-state index is 0.248. The summed E-state index contributed by atoms with van der Waals surface area (Å²) in [6.45, 7) is 5.55. The average Bonchev–Trinajstić information content (AvgIpc) is 2.38. The highest BCUT2D eigenvalue weighted by Crippen LogP contribution is 2.12. The molecule has 0 fully saturated rings. The second-order valence-electron chi connectivity index (χ2n) is 4.91. The molecule has 0 saturated heterocycles. The Kier molecular flexibility index (Phi) is 6.76. The monoisotopic (exact) mass is 251 g/mol. The lowest BCUT2D eigenvalue weighted by atomic mass is 10.0. The van der Waals surface area contributed by atoms with Crippen molar-refractivity contribution in [3.8, 4) is 5.75 Å². The van der Waals surface area contributed by atoms with E-state index in [1.165, 1.54) is 5.56 Å². The smallest absolute Gasteiger partial charge is 0.118 e. The lowest BCUT2D eigenvalue weighted by Gasteiger charge is -2.21. The van der Waals surface area contributed by atoms with Crippen LogP contribution in [0.15, 0.2) is 24.3 Å². The lowest BCUT2D eigenvalue weighted by Crippen LogP contribution is -2.36. The predicted molar refractivity (Wildman–Crippen MR) is 75.0 cm³/mol. The number of ether oxygens (including phenoxy) is 1. The van der Waals surface area contributed by atoms with E-state index in [0.29, 0.717) is 12.0 Å². The second-order valence-corrected chi connectivity index (χ2v) is 4.91. The van der Waals surface area contributed by atoms with Gasteiger partial charge >= 0.3 is 0 Å². The van der Waals surface area contributed by atoms with Crippen molar-refractivity contribution in [2.24, 2.45) is 5.92 Å². The number of methoxy groups -OCH3 is 1. The molecule has 0 heterocycles. The van der Waals surface area contributed by atoms with Crippen LogP contribution in [0.1, 0.15) is 25.8 Å². The fourth-order valence-electron chi connectivity index (χ4n) is 2.00. The standard InChI is InChI=1S/C15H25NO2/c1-12(2)15(9-11-17)16-10-8-13-4-6-14(18-3)7-5-13/h4-7,12,15-17H,8-11H2,1-3H3. The molecule has 1 aromatic rings. The van der Waals surface area contributed by atoms with E-state index in [-0.39, 0.29) is 6.61 Å². The third-order valence-electron chi connectivity index (χ3n) is 3.22. The van der Waals surface area contributed by atoms with Gasteiger partial charge in [-0.05, 0) is 43.0 Å². The van der Waals surface area contributed by atoms with Crippen molar-refractivity contribution >= 4 is 0 Å². The summed E-state index contributed by atoms with van der Waals surface area (Å²) in [6, 6.07) is 8.56. The van der Waals surface area contributed by atoms with Gasteiger partial charge in [-0.3, -0.25) is 0 Å². The Bertz CT molecular complexity index is 322. The number of aliphatic hydroxyl groups excluding tert-OH is 1. The number of nitrogens with one attached hydrogen (secondary N) is 1. The van der Waals surface area contributed by atoms with Crippen LogP contribution in [0.5, 0.6) is 5.75 Å². The molecular formula is C15H25NO2. The van der Waals surface area contributed by atoms with Crippen molar-refractivity contribution in [3.63, 3.8) is 0 Å². The predicted octanol–water partition coefficient (Wildman–Crippen LogP) is 2.23. The highest BCUT2D eigenvalue weighted by molar-refractivity contribution is 5.27. The summed E-state index contributed by atoms with van der Waals surface area (Å²) >= 11 is 0. The molecule has 2 N–H and O–H groups in total. The maximum absolute atomic E-state index is 9.01. The molecule has 0 saturated carbocycles. The molecule has 3 nitrogen and oxygen atoms in total. The number of hydrogen-bond acceptors (Lipinski definition) is 3. The van der Waals surface area contributed by atoms with E-state index in [2.05, 4.69) is 31.3 Å². The molecule has 1 aromatic carbocycles. The molecule has 1 atom stereocenters. The first kappa shape index (κ1) is 15.0. The van der Waals surface area contributed by atoms with Crippen LogP contribution < -0.4 is 10.1 Å². The Labute approximate surface area is 110 Å². The maximum Gasteiger partial charge on any atom is 0.118 e. The van der Waals surface area contributed by atoms with E-state index in [0.717, 1.165) is 25.1 Å². The highest BCUT2D eigenvalue weighted by Gasteiger charge is 2.11. The van der Waals surface area contributed by atoms with Crippen LogP contribution in [-0.4, -0.2) is 31.4 Å². The second kappa shape index (κ2) is 8.11. The zero-order chi connectivity index (χ0) is 13.4. The van der Waals surface area contributed by atoms with Gasteiger partial charge in [-0.15, -0.1) is 0 Å². The lowest BCUT2D eigenvalue weighted by molar-refractivity contribution is 0.245. The summed E-state index contributed by atoms with van der Waals surface area (Å²) in [5.74, 6) is 1.44. The van der Waals surface area contributed by atoms with Crippen molar-refractivity contribution in [3.05, 3.63) is 29.8 Å². The van der Waals surface area contributed by atoms with Gasteiger partial charge in [0, 0.05) is 12.6 Å². The van der Waals surface area contributed by atoms with Crippen LogP contribution in [-0.2, 0) is 6.42 Å². The van der Waals surface area contributed by atoms with Gasteiger partial charge in [0.1, 0.15) is 5.75 Å². The zero-order valence-corrected chi connectivity index (χ0v) is 11.6. The molecule has 3 heteroatoms. The van der Waals surface area contributed by atoms with E-state index in [1.54, 1.807) is 7.11 Å². The number of hydrogen-bond donors (Lipinski definition) is 2. The molecule has 0 aliphatic carbocycles. The van der Waals surface area contributed by atoms with Crippen molar-refractivity contribution in [2.75, 3.05) is 20.3 Å². The van der Waals surface area contributed by atoms with Crippen LogP contribution in [0.3, 0.4) is 0 Å². The Morgan fingerprint density at radius 1 is 1.22 bits per heavy atom. The molecule has 0 radical (unpaired) electrons. The Morgan fingerprint density at radius 3 is 2.39 bits per heavy atom. The molecule has 0 amide bonds. The molecule has 0 bridgehead atoms. The Morgan fingerprint density at radius 2 is 1.89 bits per heavy atom. The average molecular weight is 251 g/mol. The van der Waals surface area contributed by atoms with Gasteiger partial charge < -0.3 is 15.2 Å². The molecule has 0 aliphatic heterocycles. The Balaban J connectivity index is 2.35. The van der Waals surface area contributed by atoms with Gasteiger partial charge in [-0.1, -0.05) is 26.0 Å². The van der Waals surface area contributed by atoms with E-state index >= 15 is 0 Å². The third-order valence-corrected chi connectivity index (χ3v) is 3.22. The minimum Gasteiger partial charge on any atom is -0.497 e. The third kappa shape index (κ3) is 5.07. The van der Waals surface area contributed by atoms with Crippen LogP contribution in [0.25, 0.3) is 0 Å². The van der Waals surface area contributed by atoms with Gasteiger partial charge in [0.15, 0.2) is 0 Å². The summed E-state index contributed by atoms with van der Waals surface area (Å²) in [6.07, 6.45) is 1.82. The van der Waals surface area contributed by atoms with Crippen LogP contribution in [0, 0.1) is 5.92 Å². The van der Waals surface area contributed by atoms with Crippen LogP contribution >= 0.6 is 0 Å². The van der Waals surface area contributed by atoms with Crippen molar-refractivity contribution < 1.29 is 9.84 Å². The fraction of sp³-hybridized carbons (Fsp3) is 0.600. The largest absolute Gasteiger partial charge is 0.497 e. The summed E-state index contributed by atoms with van der Waals surface area (Å²) in [4.78, 5) is 0.